The molecule has 1 aliphatic rings. The number of thioether (sulfide) groups is 1. The summed E-state index contributed by atoms with van der Waals surface area (Å²) in [7, 11) is 0. The Hall–Kier alpha value is -2.04. The van der Waals surface area contributed by atoms with Crippen LogP contribution in [0.1, 0.15) is 24.1 Å². The molecule has 0 unspecified atom stereocenters. The second-order valence-electron chi connectivity index (χ2n) is 6.72. The third kappa shape index (κ3) is 4.82. The van der Waals surface area contributed by atoms with E-state index in [9.17, 15) is 0 Å². The van der Waals surface area contributed by atoms with Crippen molar-refractivity contribution in [1.29, 1.82) is 0 Å². The van der Waals surface area contributed by atoms with Gasteiger partial charge in [-0.3, -0.25) is 0 Å². The first-order valence-electron chi connectivity index (χ1n) is 9.28. The van der Waals surface area contributed by atoms with Crippen molar-refractivity contribution < 1.29 is 0 Å². The lowest BCUT2D eigenvalue weighted by atomic mass is 10.2. The molecule has 3 nitrogen and oxygen atoms in total. The van der Waals surface area contributed by atoms with Crippen LogP contribution in [0.25, 0.3) is 11.4 Å². The Kier molecular flexibility index (Phi) is 5.95. The standard InChI is InChI=1S/C22H22ClN3S/c23-19-10-8-17(9-11-19)15-27-16-20-14-21(26-12-4-5-13-26)25-22(24-20)18-6-2-1-3-7-18/h1-3,6-11,14H,4-5,12-13,15-16H2. The highest BCUT2D eigenvalue weighted by Gasteiger charge is 2.16. The van der Waals surface area contributed by atoms with Gasteiger partial charge in [-0.1, -0.05) is 54.1 Å². The third-order valence-electron chi connectivity index (χ3n) is 4.66. The van der Waals surface area contributed by atoms with E-state index >= 15 is 0 Å². The number of rotatable bonds is 6. The minimum Gasteiger partial charge on any atom is -0.356 e. The second kappa shape index (κ2) is 8.77. The molecular formula is C22H22ClN3S. The molecule has 2 heterocycles. The summed E-state index contributed by atoms with van der Waals surface area (Å²) >= 11 is 7.84. The van der Waals surface area contributed by atoms with Crippen LogP contribution in [0, 0.1) is 0 Å². The Morgan fingerprint density at radius 3 is 2.37 bits per heavy atom. The molecule has 5 heteroatoms. The van der Waals surface area contributed by atoms with Crippen molar-refractivity contribution in [2.75, 3.05) is 18.0 Å². The Labute approximate surface area is 169 Å². The summed E-state index contributed by atoms with van der Waals surface area (Å²) in [6.45, 7) is 2.17. The van der Waals surface area contributed by atoms with E-state index in [0.29, 0.717) is 0 Å². The fourth-order valence-corrected chi connectivity index (χ4v) is 4.25. The van der Waals surface area contributed by atoms with Crippen molar-refractivity contribution in [3.63, 3.8) is 0 Å². The van der Waals surface area contributed by atoms with Crippen molar-refractivity contribution in [2.45, 2.75) is 24.3 Å². The van der Waals surface area contributed by atoms with Crippen LogP contribution < -0.4 is 4.90 Å². The first kappa shape index (κ1) is 18.3. The monoisotopic (exact) mass is 395 g/mol. The molecule has 27 heavy (non-hydrogen) atoms. The van der Waals surface area contributed by atoms with Crippen LogP contribution in [0.3, 0.4) is 0 Å². The average molecular weight is 396 g/mol. The number of halogens is 1. The number of aromatic nitrogens is 2. The summed E-state index contributed by atoms with van der Waals surface area (Å²) in [5.41, 5.74) is 3.44. The van der Waals surface area contributed by atoms with Crippen LogP contribution in [-0.2, 0) is 11.5 Å². The highest BCUT2D eigenvalue weighted by molar-refractivity contribution is 7.97. The van der Waals surface area contributed by atoms with Crippen LogP contribution in [0.2, 0.25) is 5.02 Å². The molecule has 0 spiro atoms. The van der Waals surface area contributed by atoms with E-state index in [1.54, 1.807) is 0 Å². The highest BCUT2D eigenvalue weighted by Crippen LogP contribution is 2.26. The number of benzene rings is 2. The maximum Gasteiger partial charge on any atom is 0.161 e. The number of nitrogens with zero attached hydrogens (tertiary/aromatic N) is 3. The topological polar surface area (TPSA) is 29.0 Å². The van der Waals surface area contributed by atoms with Gasteiger partial charge in [-0.25, -0.2) is 9.97 Å². The van der Waals surface area contributed by atoms with Crippen LogP contribution in [0.4, 0.5) is 5.82 Å². The van der Waals surface area contributed by atoms with Gasteiger partial charge in [-0.15, -0.1) is 0 Å². The van der Waals surface area contributed by atoms with Gasteiger partial charge >= 0.3 is 0 Å². The Bertz CT molecular complexity index is 878. The minimum absolute atomic E-state index is 0.780. The zero-order valence-electron chi connectivity index (χ0n) is 15.1. The van der Waals surface area contributed by atoms with Gasteiger partial charge in [0.15, 0.2) is 5.82 Å². The first-order chi connectivity index (χ1) is 13.3. The first-order valence-corrected chi connectivity index (χ1v) is 10.8. The Morgan fingerprint density at radius 2 is 1.63 bits per heavy atom. The molecule has 0 aliphatic carbocycles. The van der Waals surface area contributed by atoms with Crippen molar-refractivity contribution in [3.05, 3.63) is 76.9 Å². The molecule has 0 N–H and O–H groups in total. The lowest BCUT2D eigenvalue weighted by Gasteiger charge is -2.18. The maximum absolute atomic E-state index is 5.97. The number of hydrogen-bond donors (Lipinski definition) is 0. The molecule has 0 saturated carbocycles. The molecule has 138 valence electrons. The minimum atomic E-state index is 0.780. The van der Waals surface area contributed by atoms with Gasteiger partial charge in [-0.05, 0) is 30.5 Å². The predicted molar refractivity (Wildman–Crippen MR) is 115 cm³/mol. The van der Waals surface area contributed by atoms with Crippen molar-refractivity contribution >= 4 is 29.2 Å². The molecule has 3 aromatic rings. The van der Waals surface area contributed by atoms with Gasteiger partial charge < -0.3 is 4.90 Å². The Balaban J connectivity index is 1.53. The number of hydrogen-bond acceptors (Lipinski definition) is 4. The van der Waals surface area contributed by atoms with E-state index in [2.05, 4.69) is 35.2 Å². The quantitative estimate of drug-likeness (QED) is 0.525. The second-order valence-corrected chi connectivity index (χ2v) is 8.14. The van der Waals surface area contributed by atoms with E-state index in [0.717, 1.165) is 52.5 Å². The van der Waals surface area contributed by atoms with E-state index in [1.807, 2.05) is 42.1 Å². The summed E-state index contributed by atoms with van der Waals surface area (Å²) < 4.78 is 0. The van der Waals surface area contributed by atoms with Gasteiger partial charge in [0.25, 0.3) is 0 Å². The van der Waals surface area contributed by atoms with E-state index < -0.39 is 0 Å². The molecule has 1 aromatic heterocycles. The normalized spacial score (nSPS) is 13.9. The molecule has 1 saturated heterocycles. The largest absolute Gasteiger partial charge is 0.356 e. The lowest BCUT2D eigenvalue weighted by Crippen LogP contribution is -2.19. The molecule has 0 radical (unpaired) electrons. The molecule has 0 atom stereocenters. The summed E-state index contributed by atoms with van der Waals surface area (Å²) in [5, 5.41) is 0.780. The summed E-state index contributed by atoms with van der Waals surface area (Å²) in [6.07, 6.45) is 2.48. The zero-order valence-corrected chi connectivity index (χ0v) is 16.7. The summed E-state index contributed by atoms with van der Waals surface area (Å²) in [5.74, 6) is 3.69. The molecular weight excluding hydrogens is 374 g/mol. The highest BCUT2D eigenvalue weighted by atomic mass is 35.5. The molecule has 2 aromatic carbocycles. The van der Waals surface area contributed by atoms with Gasteiger partial charge in [0.05, 0.1) is 5.69 Å². The zero-order chi connectivity index (χ0) is 18.5. The predicted octanol–water partition coefficient (Wildman–Crippen LogP) is 5.83. The van der Waals surface area contributed by atoms with Crippen molar-refractivity contribution in [1.82, 2.24) is 9.97 Å². The summed E-state index contributed by atoms with van der Waals surface area (Å²) in [4.78, 5) is 12.1. The molecule has 0 amide bonds. The fourth-order valence-electron chi connectivity index (χ4n) is 3.24. The summed E-state index contributed by atoms with van der Waals surface area (Å²) in [6, 6.07) is 20.5. The van der Waals surface area contributed by atoms with Gasteiger partial charge in [0.1, 0.15) is 5.82 Å². The van der Waals surface area contributed by atoms with E-state index in [4.69, 9.17) is 21.6 Å². The van der Waals surface area contributed by atoms with Crippen LogP contribution in [-0.4, -0.2) is 23.1 Å². The SMILES string of the molecule is Clc1ccc(CSCc2cc(N3CCCC3)nc(-c3ccccc3)n2)cc1. The van der Waals surface area contributed by atoms with E-state index in [-0.39, 0.29) is 0 Å². The average Bonchev–Trinajstić information content (AvgIpc) is 3.25. The number of anilines is 1. The Morgan fingerprint density at radius 1 is 0.889 bits per heavy atom. The maximum atomic E-state index is 5.97. The van der Waals surface area contributed by atoms with Crippen LogP contribution >= 0.6 is 23.4 Å². The lowest BCUT2D eigenvalue weighted by molar-refractivity contribution is 0.922. The van der Waals surface area contributed by atoms with Gasteiger partial charge in [-0.2, -0.15) is 11.8 Å². The third-order valence-corrected chi connectivity index (χ3v) is 5.95. The molecule has 4 rings (SSSR count). The van der Waals surface area contributed by atoms with Crippen LogP contribution in [0.5, 0.6) is 0 Å². The van der Waals surface area contributed by atoms with Gasteiger partial charge in [0.2, 0.25) is 0 Å². The van der Waals surface area contributed by atoms with Gasteiger partial charge in [0, 0.05) is 41.2 Å². The van der Waals surface area contributed by atoms with Crippen LogP contribution in [0.15, 0.2) is 60.7 Å². The molecule has 1 aliphatic heterocycles. The van der Waals surface area contributed by atoms with Crippen molar-refractivity contribution in [3.8, 4) is 11.4 Å². The molecule has 0 bridgehead atoms. The smallest absolute Gasteiger partial charge is 0.161 e. The fraction of sp³-hybridized carbons (Fsp3) is 0.273. The molecule has 1 fully saturated rings. The van der Waals surface area contributed by atoms with E-state index in [1.165, 1.54) is 18.4 Å². The van der Waals surface area contributed by atoms with Crippen molar-refractivity contribution in [2.24, 2.45) is 0 Å².